The van der Waals surface area contributed by atoms with Gasteiger partial charge in [0.15, 0.2) is 0 Å². The third-order valence-corrected chi connectivity index (χ3v) is 3.24. The van der Waals surface area contributed by atoms with Gasteiger partial charge in [0, 0.05) is 0 Å². The van der Waals surface area contributed by atoms with Gasteiger partial charge in [-0.05, 0) is 6.92 Å². The second-order valence-electron chi connectivity index (χ2n) is 2.27. The number of aliphatic hydroxyl groups is 1. The zero-order valence-electron chi connectivity index (χ0n) is 6.89. The number of aliphatic hydroxyl groups excluding tert-OH is 1. The predicted octanol–water partition coefficient (Wildman–Crippen LogP) is -0.419. The first-order valence-corrected chi connectivity index (χ1v) is 5.92. The van der Waals surface area contributed by atoms with Gasteiger partial charge in [0.1, 0.15) is 5.01 Å². The van der Waals surface area contributed by atoms with Crippen LogP contribution in [0.5, 0.6) is 0 Å². The Hall–Kier alpha value is -0.730. The molecule has 0 aliphatic heterocycles. The molecule has 0 fully saturated rings. The maximum absolute atomic E-state index is 11.1. The van der Waals surface area contributed by atoms with Gasteiger partial charge in [-0.15, -0.1) is 10.2 Å². The quantitative estimate of drug-likeness (QED) is 0.723. The van der Waals surface area contributed by atoms with Gasteiger partial charge >= 0.3 is 0 Å². The molecule has 1 aromatic rings. The molecule has 6 nitrogen and oxygen atoms in total. The second kappa shape index (κ2) is 3.99. The van der Waals surface area contributed by atoms with Crippen molar-refractivity contribution in [1.29, 1.82) is 0 Å². The van der Waals surface area contributed by atoms with Gasteiger partial charge in [0.2, 0.25) is 15.2 Å². The summed E-state index contributed by atoms with van der Waals surface area (Å²) < 4.78 is 24.4. The maximum atomic E-state index is 11.1. The topological polar surface area (TPSA) is 92.2 Å². The molecule has 8 heteroatoms. The largest absolute Gasteiger partial charge is 0.395 e. The van der Waals surface area contributed by atoms with Crippen LogP contribution in [0.1, 0.15) is 5.01 Å². The van der Waals surface area contributed by atoms with Gasteiger partial charge in [0.05, 0.1) is 12.4 Å². The molecule has 0 radical (unpaired) electrons. The molecule has 0 aliphatic rings. The van der Waals surface area contributed by atoms with Crippen LogP contribution in [-0.4, -0.2) is 36.1 Å². The first-order chi connectivity index (χ1) is 6.03. The molecule has 0 bridgehead atoms. The van der Waals surface area contributed by atoms with Gasteiger partial charge < -0.3 is 5.11 Å². The standard InChI is InChI=1S/C5H9N3O3S2/c1-4-6-7-5(12-4)8-13(10,11)3-2-9/h9H,2-3H2,1H3,(H,7,8). The smallest absolute Gasteiger partial charge is 0.236 e. The summed E-state index contributed by atoms with van der Waals surface area (Å²) in [5, 5.41) is 16.6. The number of hydrogen-bond acceptors (Lipinski definition) is 6. The minimum atomic E-state index is -3.46. The van der Waals surface area contributed by atoms with E-state index in [0.717, 1.165) is 11.3 Å². The fraction of sp³-hybridized carbons (Fsp3) is 0.600. The molecule has 0 spiro atoms. The average Bonchev–Trinajstić information content (AvgIpc) is 2.34. The van der Waals surface area contributed by atoms with Crippen LogP contribution in [0.15, 0.2) is 0 Å². The van der Waals surface area contributed by atoms with Crippen LogP contribution >= 0.6 is 11.3 Å². The van der Waals surface area contributed by atoms with E-state index in [2.05, 4.69) is 14.9 Å². The third kappa shape index (κ3) is 3.25. The molecule has 1 rings (SSSR count). The van der Waals surface area contributed by atoms with E-state index in [4.69, 9.17) is 5.11 Å². The minimum Gasteiger partial charge on any atom is -0.395 e. The molecular weight excluding hydrogens is 214 g/mol. The van der Waals surface area contributed by atoms with Gasteiger partial charge in [-0.2, -0.15) is 0 Å². The van der Waals surface area contributed by atoms with Crippen LogP contribution in [0.25, 0.3) is 0 Å². The predicted molar refractivity (Wildman–Crippen MR) is 49.1 cm³/mol. The van der Waals surface area contributed by atoms with E-state index in [1.165, 1.54) is 0 Å². The van der Waals surface area contributed by atoms with Crippen molar-refractivity contribution < 1.29 is 13.5 Å². The minimum absolute atomic E-state index is 0.228. The number of aromatic nitrogens is 2. The van der Waals surface area contributed by atoms with Gasteiger partial charge in [-0.25, -0.2) is 8.42 Å². The lowest BCUT2D eigenvalue weighted by atomic mass is 10.9. The first kappa shape index (κ1) is 10.4. The monoisotopic (exact) mass is 223 g/mol. The summed E-state index contributed by atoms with van der Waals surface area (Å²) in [6.07, 6.45) is 0. The third-order valence-electron chi connectivity index (χ3n) is 1.13. The van der Waals surface area contributed by atoms with E-state index < -0.39 is 16.6 Å². The highest BCUT2D eigenvalue weighted by Crippen LogP contribution is 2.14. The zero-order chi connectivity index (χ0) is 9.90. The Morgan fingerprint density at radius 2 is 2.23 bits per heavy atom. The van der Waals surface area contributed by atoms with Crippen molar-refractivity contribution in [3.63, 3.8) is 0 Å². The van der Waals surface area contributed by atoms with E-state index >= 15 is 0 Å². The number of sulfonamides is 1. The first-order valence-electron chi connectivity index (χ1n) is 3.45. The van der Waals surface area contributed by atoms with E-state index in [9.17, 15) is 8.42 Å². The summed E-state index contributed by atoms with van der Waals surface area (Å²) in [4.78, 5) is 0. The number of rotatable bonds is 4. The lowest BCUT2D eigenvalue weighted by Gasteiger charge is -2.00. The van der Waals surface area contributed by atoms with Gasteiger partial charge in [-0.1, -0.05) is 11.3 Å². The van der Waals surface area contributed by atoms with Gasteiger partial charge in [0.25, 0.3) is 0 Å². The summed E-state index contributed by atoms with van der Waals surface area (Å²) in [5.74, 6) is -0.328. The normalized spacial score (nSPS) is 11.5. The van der Waals surface area contributed by atoms with Crippen molar-refractivity contribution in [3.8, 4) is 0 Å². The van der Waals surface area contributed by atoms with Crippen LogP contribution in [0.4, 0.5) is 5.13 Å². The van der Waals surface area contributed by atoms with Crippen LogP contribution in [0.2, 0.25) is 0 Å². The summed E-state index contributed by atoms with van der Waals surface area (Å²) >= 11 is 1.15. The lowest BCUT2D eigenvalue weighted by Crippen LogP contribution is -2.18. The highest BCUT2D eigenvalue weighted by Gasteiger charge is 2.11. The van der Waals surface area contributed by atoms with Crippen molar-refractivity contribution in [2.24, 2.45) is 0 Å². The van der Waals surface area contributed by atoms with Gasteiger partial charge in [-0.3, -0.25) is 4.72 Å². The van der Waals surface area contributed by atoms with Crippen LogP contribution in [0.3, 0.4) is 0 Å². The fourth-order valence-corrected chi connectivity index (χ4v) is 2.28. The molecule has 2 N–H and O–H groups in total. The summed E-state index contributed by atoms with van der Waals surface area (Å²) in [7, 11) is -3.46. The Balaban J connectivity index is 2.69. The number of nitrogens with one attached hydrogen (secondary N) is 1. The SMILES string of the molecule is Cc1nnc(NS(=O)(=O)CCO)s1. The molecule has 1 aromatic heterocycles. The van der Waals surface area contributed by atoms with Crippen molar-refractivity contribution >= 4 is 26.5 Å². The van der Waals surface area contributed by atoms with E-state index in [1.54, 1.807) is 6.92 Å². The summed E-state index contributed by atoms with van der Waals surface area (Å²) in [6, 6.07) is 0. The molecule has 0 saturated carbocycles. The van der Waals surface area contributed by atoms with Crippen molar-refractivity contribution in [2.45, 2.75) is 6.92 Å². The average molecular weight is 223 g/mol. The molecule has 0 aromatic carbocycles. The highest BCUT2D eigenvalue weighted by atomic mass is 32.2. The number of aryl methyl sites for hydroxylation is 1. The molecule has 0 saturated heterocycles. The second-order valence-corrected chi connectivity index (χ2v) is 5.29. The zero-order valence-corrected chi connectivity index (χ0v) is 8.52. The lowest BCUT2D eigenvalue weighted by molar-refractivity contribution is 0.320. The van der Waals surface area contributed by atoms with Crippen molar-refractivity contribution in [2.75, 3.05) is 17.1 Å². The Labute approximate surface area is 79.7 Å². The highest BCUT2D eigenvalue weighted by molar-refractivity contribution is 7.92. The molecule has 0 amide bonds. The molecule has 1 heterocycles. The Morgan fingerprint density at radius 1 is 1.54 bits per heavy atom. The Kier molecular flexibility index (Phi) is 3.17. The van der Waals surface area contributed by atoms with E-state index in [0.29, 0.717) is 5.01 Å². The van der Waals surface area contributed by atoms with Crippen molar-refractivity contribution in [3.05, 3.63) is 5.01 Å². The molecule has 13 heavy (non-hydrogen) atoms. The maximum Gasteiger partial charge on any atom is 0.236 e. The van der Waals surface area contributed by atoms with E-state index in [-0.39, 0.29) is 10.9 Å². The molecule has 0 aliphatic carbocycles. The number of hydrogen-bond donors (Lipinski definition) is 2. The molecule has 0 atom stereocenters. The molecule has 0 unspecified atom stereocenters. The Morgan fingerprint density at radius 3 is 2.69 bits per heavy atom. The number of anilines is 1. The van der Waals surface area contributed by atoms with Crippen LogP contribution in [-0.2, 0) is 10.0 Å². The fourth-order valence-electron chi connectivity index (χ4n) is 0.642. The Bertz CT molecular complexity index is 372. The summed E-state index contributed by atoms with van der Waals surface area (Å²) in [5.41, 5.74) is 0. The number of nitrogens with zero attached hydrogens (tertiary/aromatic N) is 2. The van der Waals surface area contributed by atoms with Crippen LogP contribution in [0, 0.1) is 6.92 Å². The van der Waals surface area contributed by atoms with Crippen molar-refractivity contribution in [1.82, 2.24) is 10.2 Å². The van der Waals surface area contributed by atoms with E-state index in [1.807, 2.05) is 0 Å². The summed E-state index contributed by atoms with van der Waals surface area (Å²) in [6.45, 7) is 1.31. The van der Waals surface area contributed by atoms with Crippen LogP contribution < -0.4 is 4.72 Å². The molecular formula is C5H9N3O3S2. The molecule has 74 valence electrons.